The number of carboxylic acids is 1. The van der Waals surface area contributed by atoms with Gasteiger partial charge in [0.05, 0.1) is 25.9 Å². The van der Waals surface area contributed by atoms with Crippen LogP contribution in [0.5, 0.6) is 0 Å². The molecule has 0 saturated carbocycles. The van der Waals surface area contributed by atoms with E-state index in [0.29, 0.717) is 25.3 Å². The standard InChI is InChI=1S/C13H17N3O5/c17-8-10-7-16(3-4-21-10)13(20)15-6-9-1-2-11(12(18)19)14-5-9/h1-2,5,10,17H,3-4,6-8H2,(H,15,20)(H,18,19). The third kappa shape index (κ3) is 4.14. The fraction of sp³-hybridized carbons (Fsp3) is 0.462. The van der Waals surface area contributed by atoms with Gasteiger partial charge in [-0.05, 0) is 11.6 Å². The van der Waals surface area contributed by atoms with E-state index >= 15 is 0 Å². The highest BCUT2D eigenvalue weighted by molar-refractivity contribution is 5.85. The van der Waals surface area contributed by atoms with Crippen LogP contribution in [0.15, 0.2) is 18.3 Å². The molecule has 0 aromatic carbocycles. The van der Waals surface area contributed by atoms with Crippen molar-refractivity contribution < 1.29 is 24.5 Å². The van der Waals surface area contributed by atoms with Crippen molar-refractivity contribution in [2.24, 2.45) is 0 Å². The highest BCUT2D eigenvalue weighted by Crippen LogP contribution is 2.06. The molecule has 1 unspecified atom stereocenters. The predicted octanol–water partition coefficient (Wildman–Crippen LogP) is -0.318. The minimum Gasteiger partial charge on any atom is -0.477 e. The molecular weight excluding hydrogens is 278 g/mol. The fourth-order valence-electron chi connectivity index (χ4n) is 1.96. The lowest BCUT2D eigenvalue weighted by Crippen LogP contribution is -2.50. The summed E-state index contributed by atoms with van der Waals surface area (Å²) in [5.41, 5.74) is 0.671. The van der Waals surface area contributed by atoms with Gasteiger partial charge in [-0.3, -0.25) is 0 Å². The monoisotopic (exact) mass is 295 g/mol. The van der Waals surface area contributed by atoms with Crippen LogP contribution in [0.1, 0.15) is 16.1 Å². The van der Waals surface area contributed by atoms with Crippen molar-refractivity contribution in [2.75, 3.05) is 26.3 Å². The Labute approximate surface area is 121 Å². The van der Waals surface area contributed by atoms with Crippen LogP contribution in [-0.4, -0.2) is 64.5 Å². The number of aliphatic hydroxyl groups is 1. The second-order valence-electron chi connectivity index (χ2n) is 4.64. The average Bonchev–Trinajstić information content (AvgIpc) is 2.53. The highest BCUT2D eigenvalue weighted by atomic mass is 16.5. The third-order valence-corrected chi connectivity index (χ3v) is 3.12. The summed E-state index contributed by atoms with van der Waals surface area (Å²) in [5.74, 6) is -1.09. The van der Waals surface area contributed by atoms with Gasteiger partial charge >= 0.3 is 12.0 Å². The molecule has 2 rings (SSSR count). The van der Waals surface area contributed by atoms with Gasteiger partial charge < -0.3 is 25.2 Å². The lowest BCUT2D eigenvalue weighted by atomic mass is 10.2. The van der Waals surface area contributed by atoms with E-state index in [0.717, 1.165) is 0 Å². The minimum atomic E-state index is -1.09. The van der Waals surface area contributed by atoms with Gasteiger partial charge in [-0.25, -0.2) is 14.6 Å². The number of hydrogen-bond acceptors (Lipinski definition) is 5. The van der Waals surface area contributed by atoms with Crippen LogP contribution in [0.2, 0.25) is 0 Å². The van der Waals surface area contributed by atoms with E-state index in [4.69, 9.17) is 14.9 Å². The second kappa shape index (κ2) is 7.00. The molecule has 0 bridgehead atoms. The van der Waals surface area contributed by atoms with Crippen molar-refractivity contribution in [1.82, 2.24) is 15.2 Å². The van der Waals surface area contributed by atoms with Crippen LogP contribution in [0, 0.1) is 0 Å². The number of ether oxygens (including phenoxy) is 1. The Morgan fingerprint density at radius 1 is 1.48 bits per heavy atom. The summed E-state index contributed by atoms with van der Waals surface area (Å²) in [6, 6.07) is 2.74. The number of hydrogen-bond donors (Lipinski definition) is 3. The van der Waals surface area contributed by atoms with E-state index in [9.17, 15) is 9.59 Å². The summed E-state index contributed by atoms with van der Waals surface area (Å²) >= 11 is 0. The van der Waals surface area contributed by atoms with Crippen molar-refractivity contribution in [3.8, 4) is 0 Å². The summed E-state index contributed by atoms with van der Waals surface area (Å²) in [6.07, 6.45) is 1.07. The van der Waals surface area contributed by atoms with E-state index in [1.54, 1.807) is 11.0 Å². The molecule has 2 heterocycles. The molecule has 1 aromatic heterocycles. The summed E-state index contributed by atoms with van der Waals surface area (Å²) in [6.45, 7) is 1.35. The van der Waals surface area contributed by atoms with Gasteiger partial charge in [0, 0.05) is 19.3 Å². The van der Waals surface area contributed by atoms with Crippen LogP contribution in [0.4, 0.5) is 4.79 Å². The number of aromatic carboxylic acids is 1. The van der Waals surface area contributed by atoms with E-state index in [2.05, 4.69) is 10.3 Å². The predicted molar refractivity (Wildman–Crippen MR) is 71.8 cm³/mol. The molecule has 21 heavy (non-hydrogen) atoms. The number of urea groups is 1. The second-order valence-corrected chi connectivity index (χ2v) is 4.64. The summed E-state index contributed by atoms with van der Waals surface area (Å²) in [7, 11) is 0. The highest BCUT2D eigenvalue weighted by Gasteiger charge is 2.23. The van der Waals surface area contributed by atoms with E-state index in [-0.39, 0.29) is 31.0 Å². The van der Waals surface area contributed by atoms with Crippen LogP contribution < -0.4 is 5.32 Å². The Hall–Kier alpha value is -2.19. The number of morpholine rings is 1. The number of nitrogens with zero attached hydrogens (tertiary/aromatic N) is 2. The lowest BCUT2D eigenvalue weighted by Gasteiger charge is -2.32. The van der Waals surface area contributed by atoms with E-state index in [1.807, 2.05) is 0 Å². The Morgan fingerprint density at radius 2 is 2.29 bits per heavy atom. The normalized spacial score (nSPS) is 18.3. The largest absolute Gasteiger partial charge is 0.477 e. The first-order valence-electron chi connectivity index (χ1n) is 6.53. The number of amides is 2. The lowest BCUT2D eigenvalue weighted by molar-refractivity contribution is -0.0403. The average molecular weight is 295 g/mol. The number of carboxylic acid groups (broad SMARTS) is 1. The molecule has 1 aromatic rings. The van der Waals surface area contributed by atoms with Gasteiger partial charge in [0.2, 0.25) is 0 Å². The van der Waals surface area contributed by atoms with E-state index in [1.165, 1.54) is 12.3 Å². The quantitative estimate of drug-likeness (QED) is 0.702. The van der Waals surface area contributed by atoms with Crippen LogP contribution >= 0.6 is 0 Å². The molecule has 1 fully saturated rings. The smallest absolute Gasteiger partial charge is 0.354 e. The number of aromatic nitrogens is 1. The summed E-state index contributed by atoms with van der Waals surface area (Å²) in [4.78, 5) is 28.0. The third-order valence-electron chi connectivity index (χ3n) is 3.12. The van der Waals surface area contributed by atoms with Crippen LogP contribution in [0.25, 0.3) is 0 Å². The molecule has 114 valence electrons. The van der Waals surface area contributed by atoms with Crippen LogP contribution in [0.3, 0.4) is 0 Å². The van der Waals surface area contributed by atoms with Crippen LogP contribution in [-0.2, 0) is 11.3 Å². The fourth-order valence-corrected chi connectivity index (χ4v) is 1.96. The van der Waals surface area contributed by atoms with Gasteiger partial charge in [0.15, 0.2) is 0 Å². The first-order valence-corrected chi connectivity index (χ1v) is 6.53. The van der Waals surface area contributed by atoms with Gasteiger partial charge in [-0.2, -0.15) is 0 Å². The molecular formula is C13H17N3O5. The number of rotatable bonds is 4. The topological polar surface area (TPSA) is 112 Å². The molecule has 0 aliphatic carbocycles. The zero-order valence-electron chi connectivity index (χ0n) is 11.4. The molecule has 1 saturated heterocycles. The van der Waals surface area contributed by atoms with Gasteiger partial charge in [-0.1, -0.05) is 6.07 Å². The maximum atomic E-state index is 12.0. The molecule has 0 radical (unpaired) electrons. The molecule has 8 heteroatoms. The number of carbonyl (C=O) groups is 2. The maximum absolute atomic E-state index is 12.0. The SMILES string of the molecule is O=C(O)c1ccc(CNC(=O)N2CCOC(CO)C2)cn1. The summed E-state index contributed by atoms with van der Waals surface area (Å²) in [5, 5.41) is 20.5. The number of pyridine rings is 1. The maximum Gasteiger partial charge on any atom is 0.354 e. The van der Waals surface area contributed by atoms with E-state index < -0.39 is 5.97 Å². The van der Waals surface area contributed by atoms with Crippen molar-refractivity contribution in [2.45, 2.75) is 12.6 Å². The van der Waals surface area contributed by atoms with Crippen molar-refractivity contribution in [3.63, 3.8) is 0 Å². The van der Waals surface area contributed by atoms with Crippen molar-refractivity contribution >= 4 is 12.0 Å². The number of aliphatic hydroxyl groups excluding tert-OH is 1. The molecule has 1 aliphatic heterocycles. The van der Waals surface area contributed by atoms with Crippen molar-refractivity contribution in [3.05, 3.63) is 29.6 Å². The Morgan fingerprint density at radius 3 is 2.90 bits per heavy atom. The van der Waals surface area contributed by atoms with Crippen molar-refractivity contribution in [1.29, 1.82) is 0 Å². The van der Waals surface area contributed by atoms with Gasteiger partial charge in [-0.15, -0.1) is 0 Å². The summed E-state index contributed by atoms with van der Waals surface area (Å²) < 4.78 is 5.27. The zero-order valence-corrected chi connectivity index (χ0v) is 11.4. The molecule has 1 atom stereocenters. The number of carbonyl (C=O) groups excluding carboxylic acids is 1. The molecule has 3 N–H and O–H groups in total. The Bertz CT molecular complexity index is 505. The molecule has 1 aliphatic rings. The zero-order chi connectivity index (χ0) is 15.2. The first kappa shape index (κ1) is 15.2. The van der Waals surface area contributed by atoms with Gasteiger partial charge in [0.1, 0.15) is 5.69 Å². The Kier molecular flexibility index (Phi) is 5.07. The molecule has 0 spiro atoms. The minimum absolute atomic E-state index is 0.0379. The number of nitrogens with one attached hydrogen (secondary N) is 1. The molecule has 2 amide bonds. The molecule has 8 nitrogen and oxygen atoms in total. The Balaban J connectivity index is 1.84. The first-order chi connectivity index (χ1) is 10.1. The van der Waals surface area contributed by atoms with Gasteiger partial charge in [0.25, 0.3) is 0 Å².